The number of nitriles is 1. The Morgan fingerprint density at radius 2 is 2.22 bits per heavy atom. The molecule has 0 spiro atoms. The molecule has 1 heterocycles. The number of hydrogen-bond acceptors (Lipinski definition) is 3. The molecule has 18 heavy (non-hydrogen) atoms. The molecule has 1 aliphatic rings. The normalized spacial score (nSPS) is 20.3. The molecular formula is C15H21N3. The first-order valence-corrected chi connectivity index (χ1v) is 6.74. The SMILES string of the molecule is CN1CCCCC1CCNc1ccccc1C#N. The molecule has 1 unspecified atom stereocenters. The van der Waals surface area contributed by atoms with Gasteiger partial charge in [-0.15, -0.1) is 0 Å². The van der Waals surface area contributed by atoms with E-state index >= 15 is 0 Å². The zero-order valence-corrected chi connectivity index (χ0v) is 11.0. The van der Waals surface area contributed by atoms with Crippen LogP contribution in [-0.2, 0) is 0 Å². The summed E-state index contributed by atoms with van der Waals surface area (Å²) >= 11 is 0. The van der Waals surface area contributed by atoms with Crippen molar-refractivity contribution in [3.8, 4) is 6.07 Å². The van der Waals surface area contributed by atoms with E-state index in [0.717, 1.165) is 24.2 Å². The third-order valence-corrected chi connectivity index (χ3v) is 3.76. The highest BCUT2D eigenvalue weighted by molar-refractivity contribution is 5.56. The lowest BCUT2D eigenvalue weighted by molar-refractivity contribution is 0.179. The average Bonchev–Trinajstić information content (AvgIpc) is 2.41. The number of hydrogen-bond donors (Lipinski definition) is 1. The van der Waals surface area contributed by atoms with E-state index < -0.39 is 0 Å². The van der Waals surface area contributed by atoms with E-state index in [2.05, 4.69) is 23.3 Å². The van der Waals surface area contributed by atoms with Gasteiger partial charge in [0.2, 0.25) is 0 Å². The Labute approximate surface area is 109 Å². The molecule has 1 fully saturated rings. The molecular weight excluding hydrogens is 222 g/mol. The summed E-state index contributed by atoms with van der Waals surface area (Å²) < 4.78 is 0. The van der Waals surface area contributed by atoms with Crippen LogP contribution in [-0.4, -0.2) is 31.1 Å². The summed E-state index contributed by atoms with van der Waals surface area (Å²) in [5, 5.41) is 12.4. The van der Waals surface area contributed by atoms with Crippen LogP contribution in [0, 0.1) is 11.3 Å². The number of anilines is 1. The van der Waals surface area contributed by atoms with E-state index in [1.165, 1.54) is 25.8 Å². The van der Waals surface area contributed by atoms with Gasteiger partial charge in [-0.05, 0) is 45.0 Å². The number of para-hydroxylation sites is 1. The molecule has 0 aliphatic carbocycles. The lowest BCUT2D eigenvalue weighted by atomic mass is 10.00. The van der Waals surface area contributed by atoms with Crippen molar-refractivity contribution >= 4 is 5.69 Å². The number of piperidine rings is 1. The molecule has 0 amide bonds. The first-order valence-electron chi connectivity index (χ1n) is 6.74. The number of nitrogens with one attached hydrogen (secondary N) is 1. The second kappa shape index (κ2) is 6.42. The van der Waals surface area contributed by atoms with Gasteiger partial charge in [-0.1, -0.05) is 18.6 Å². The van der Waals surface area contributed by atoms with Gasteiger partial charge in [0.1, 0.15) is 6.07 Å². The predicted octanol–water partition coefficient (Wildman–Crippen LogP) is 2.84. The maximum absolute atomic E-state index is 9.01. The lowest BCUT2D eigenvalue weighted by Gasteiger charge is -2.32. The summed E-state index contributed by atoms with van der Waals surface area (Å²) in [7, 11) is 2.22. The largest absolute Gasteiger partial charge is 0.384 e. The molecule has 1 aromatic carbocycles. The van der Waals surface area contributed by atoms with Crippen LogP contribution < -0.4 is 5.32 Å². The van der Waals surface area contributed by atoms with Gasteiger partial charge >= 0.3 is 0 Å². The van der Waals surface area contributed by atoms with Gasteiger partial charge in [-0.3, -0.25) is 0 Å². The minimum Gasteiger partial charge on any atom is -0.384 e. The summed E-state index contributed by atoms with van der Waals surface area (Å²) in [6, 6.07) is 10.6. The van der Waals surface area contributed by atoms with Crippen LogP contribution >= 0.6 is 0 Å². The quantitative estimate of drug-likeness (QED) is 0.883. The van der Waals surface area contributed by atoms with E-state index in [9.17, 15) is 0 Å². The third-order valence-electron chi connectivity index (χ3n) is 3.76. The number of nitrogens with zero attached hydrogens (tertiary/aromatic N) is 2. The highest BCUT2D eigenvalue weighted by Crippen LogP contribution is 2.19. The Bertz CT molecular complexity index is 422. The Morgan fingerprint density at radius 1 is 1.39 bits per heavy atom. The molecule has 1 aromatic rings. The van der Waals surface area contributed by atoms with E-state index in [4.69, 9.17) is 5.26 Å². The Hall–Kier alpha value is -1.53. The van der Waals surface area contributed by atoms with E-state index in [1.54, 1.807) is 0 Å². The van der Waals surface area contributed by atoms with Gasteiger partial charge in [0.05, 0.1) is 11.3 Å². The fourth-order valence-corrected chi connectivity index (χ4v) is 2.62. The van der Waals surface area contributed by atoms with Crippen LogP contribution in [0.1, 0.15) is 31.2 Å². The van der Waals surface area contributed by atoms with E-state index in [1.807, 2.05) is 24.3 Å². The molecule has 96 valence electrons. The zero-order valence-electron chi connectivity index (χ0n) is 11.0. The van der Waals surface area contributed by atoms with Crippen LogP contribution in [0.3, 0.4) is 0 Å². The topological polar surface area (TPSA) is 39.1 Å². The number of benzene rings is 1. The van der Waals surface area contributed by atoms with Crippen molar-refractivity contribution in [3.63, 3.8) is 0 Å². The number of likely N-dealkylation sites (tertiary alicyclic amines) is 1. The first-order chi connectivity index (χ1) is 8.81. The highest BCUT2D eigenvalue weighted by atomic mass is 15.1. The molecule has 2 rings (SSSR count). The second-order valence-electron chi connectivity index (χ2n) is 5.00. The van der Waals surface area contributed by atoms with Gasteiger partial charge in [0.15, 0.2) is 0 Å². The number of rotatable bonds is 4. The molecule has 0 bridgehead atoms. The van der Waals surface area contributed by atoms with Crippen LogP contribution in [0.5, 0.6) is 0 Å². The van der Waals surface area contributed by atoms with Crippen LogP contribution in [0.15, 0.2) is 24.3 Å². The summed E-state index contributed by atoms with van der Waals surface area (Å²) in [6.45, 7) is 2.16. The molecule has 0 radical (unpaired) electrons. The highest BCUT2D eigenvalue weighted by Gasteiger charge is 2.18. The predicted molar refractivity (Wildman–Crippen MR) is 74.5 cm³/mol. The fourth-order valence-electron chi connectivity index (χ4n) is 2.62. The van der Waals surface area contributed by atoms with Crippen molar-refractivity contribution in [2.75, 3.05) is 25.5 Å². The molecule has 3 nitrogen and oxygen atoms in total. The fraction of sp³-hybridized carbons (Fsp3) is 0.533. The monoisotopic (exact) mass is 243 g/mol. The van der Waals surface area contributed by atoms with Crippen LogP contribution in [0.2, 0.25) is 0 Å². The molecule has 1 N–H and O–H groups in total. The summed E-state index contributed by atoms with van der Waals surface area (Å²) in [6.07, 6.45) is 5.13. The van der Waals surface area contributed by atoms with Gasteiger partial charge < -0.3 is 10.2 Å². The smallest absolute Gasteiger partial charge is 0.101 e. The summed E-state index contributed by atoms with van der Waals surface area (Å²) in [5.74, 6) is 0. The van der Waals surface area contributed by atoms with Crippen LogP contribution in [0.25, 0.3) is 0 Å². The molecule has 1 atom stereocenters. The molecule has 0 saturated carbocycles. The summed E-state index contributed by atoms with van der Waals surface area (Å²) in [5.41, 5.74) is 1.69. The molecule has 1 aliphatic heterocycles. The molecule has 0 aromatic heterocycles. The maximum Gasteiger partial charge on any atom is 0.101 e. The summed E-state index contributed by atoms with van der Waals surface area (Å²) in [4.78, 5) is 2.46. The zero-order chi connectivity index (χ0) is 12.8. The van der Waals surface area contributed by atoms with E-state index in [0.29, 0.717) is 6.04 Å². The second-order valence-corrected chi connectivity index (χ2v) is 5.00. The van der Waals surface area contributed by atoms with Crippen molar-refractivity contribution in [2.24, 2.45) is 0 Å². The lowest BCUT2D eigenvalue weighted by Crippen LogP contribution is -2.37. The van der Waals surface area contributed by atoms with Gasteiger partial charge in [0, 0.05) is 12.6 Å². The minimum absolute atomic E-state index is 0.695. The Balaban J connectivity index is 1.83. The van der Waals surface area contributed by atoms with Gasteiger partial charge in [-0.2, -0.15) is 5.26 Å². The standard InChI is InChI=1S/C15H21N3/c1-18-11-5-4-7-14(18)9-10-17-15-8-3-2-6-13(15)12-16/h2-3,6,8,14,17H,4-5,7,9-11H2,1H3. The van der Waals surface area contributed by atoms with Crippen molar-refractivity contribution in [3.05, 3.63) is 29.8 Å². The Morgan fingerprint density at radius 3 is 3.00 bits per heavy atom. The first kappa shape index (κ1) is 12.9. The van der Waals surface area contributed by atoms with Crippen molar-refractivity contribution in [2.45, 2.75) is 31.7 Å². The van der Waals surface area contributed by atoms with E-state index in [-0.39, 0.29) is 0 Å². The Kier molecular flexibility index (Phi) is 4.60. The van der Waals surface area contributed by atoms with Crippen molar-refractivity contribution in [1.29, 1.82) is 5.26 Å². The van der Waals surface area contributed by atoms with Gasteiger partial charge in [-0.25, -0.2) is 0 Å². The maximum atomic E-state index is 9.01. The van der Waals surface area contributed by atoms with Crippen molar-refractivity contribution < 1.29 is 0 Å². The van der Waals surface area contributed by atoms with Crippen LogP contribution in [0.4, 0.5) is 5.69 Å². The molecule has 3 heteroatoms. The van der Waals surface area contributed by atoms with Gasteiger partial charge in [0.25, 0.3) is 0 Å². The molecule has 1 saturated heterocycles. The average molecular weight is 243 g/mol. The third kappa shape index (κ3) is 3.24. The minimum atomic E-state index is 0.695. The van der Waals surface area contributed by atoms with Crippen molar-refractivity contribution in [1.82, 2.24) is 4.90 Å².